The zero-order chi connectivity index (χ0) is 7.56. The fraction of sp³-hybridized carbons (Fsp3) is 0.286. The predicted octanol–water partition coefficient (Wildman–Crippen LogP) is 0.490. The first-order valence-electron chi connectivity index (χ1n) is 3.07. The molecule has 0 aromatic heterocycles. The van der Waals surface area contributed by atoms with E-state index >= 15 is 0 Å². The van der Waals surface area contributed by atoms with Gasteiger partial charge in [0.1, 0.15) is 0 Å². The Bertz CT molecular complexity index is 206. The van der Waals surface area contributed by atoms with E-state index in [0.29, 0.717) is 12.1 Å². The van der Waals surface area contributed by atoms with Gasteiger partial charge >= 0.3 is 5.97 Å². The molecule has 3 heteroatoms. The standard InChI is InChI=1S/C7H9NO2/c8-6-4-2-1-3-5(6)7(9)10/h1-2,4-5H,3,8H2,(H,9,10). The fourth-order valence-electron chi connectivity index (χ4n) is 0.889. The molecule has 1 atom stereocenters. The Morgan fingerprint density at radius 3 is 2.90 bits per heavy atom. The molecule has 1 aliphatic carbocycles. The summed E-state index contributed by atoms with van der Waals surface area (Å²) in [7, 11) is 0. The van der Waals surface area contributed by atoms with Gasteiger partial charge in [0.15, 0.2) is 0 Å². The molecule has 0 spiro atoms. The van der Waals surface area contributed by atoms with Crippen LogP contribution in [0, 0.1) is 5.92 Å². The highest BCUT2D eigenvalue weighted by molar-refractivity contribution is 5.74. The number of rotatable bonds is 1. The maximum atomic E-state index is 10.4. The van der Waals surface area contributed by atoms with E-state index in [2.05, 4.69) is 0 Å². The van der Waals surface area contributed by atoms with Crippen LogP contribution in [0.25, 0.3) is 0 Å². The average Bonchev–Trinajstić information content (AvgIpc) is 1.88. The first kappa shape index (κ1) is 6.86. The first-order valence-corrected chi connectivity index (χ1v) is 3.07. The van der Waals surface area contributed by atoms with E-state index in [1.165, 1.54) is 0 Å². The third kappa shape index (κ3) is 1.18. The van der Waals surface area contributed by atoms with Gasteiger partial charge in [-0.3, -0.25) is 4.79 Å². The lowest BCUT2D eigenvalue weighted by Crippen LogP contribution is -2.21. The van der Waals surface area contributed by atoms with E-state index < -0.39 is 11.9 Å². The third-order valence-electron chi connectivity index (χ3n) is 1.50. The molecule has 0 aromatic carbocycles. The van der Waals surface area contributed by atoms with Gasteiger partial charge in [-0.15, -0.1) is 0 Å². The minimum absolute atomic E-state index is 0.440. The van der Waals surface area contributed by atoms with Gasteiger partial charge < -0.3 is 10.8 Å². The second-order valence-electron chi connectivity index (χ2n) is 2.22. The molecule has 0 saturated carbocycles. The molecule has 1 rings (SSSR count). The fourth-order valence-corrected chi connectivity index (χ4v) is 0.889. The van der Waals surface area contributed by atoms with Crippen molar-refractivity contribution in [3.05, 3.63) is 23.9 Å². The van der Waals surface area contributed by atoms with E-state index in [1.807, 2.05) is 0 Å². The van der Waals surface area contributed by atoms with Crippen molar-refractivity contribution in [3.8, 4) is 0 Å². The van der Waals surface area contributed by atoms with Crippen molar-refractivity contribution in [3.63, 3.8) is 0 Å². The smallest absolute Gasteiger partial charge is 0.312 e. The lowest BCUT2D eigenvalue weighted by Gasteiger charge is -2.12. The van der Waals surface area contributed by atoms with Crippen molar-refractivity contribution in [2.45, 2.75) is 6.42 Å². The Kier molecular flexibility index (Phi) is 1.76. The summed E-state index contributed by atoms with van der Waals surface area (Å²) in [4.78, 5) is 10.4. The number of aliphatic carboxylic acids is 1. The summed E-state index contributed by atoms with van der Waals surface area (Å²) >= 11 is 0. The van der Waals surface area contributed by atoms with Crippen LogP contribution >= 0.6 is 0 Å². The monoisotopic (exact) mass is 139 g/mol. The maximum absolute atomic E-state index is 10.4. The van der Waals surface area contributed by atoms with Crippen LogP contribution in [-0.4, -0.2) is 11.1 Å². The average molecular weight is 139 g/mol. The molecule has 3 N–H and O–H groups in total. The normalized spacial score (nSPS) is 24.0. The Morgan fingerprint density at radius 1 is 1.80 bits per heavy atom. The molecule has 1 aliphatic rings. The number of hydrogen-bond acceptors (Lipinski definition) is 2. The SMILES string of the molecule is NC1=CC=CCC1C(=O)O. The quantitative estimate of drug-likeness (QED) is 0.555. The van der Waals surface area contributed by atoms with Crippen LogP contribution in [0.3, 0.4) is 0 Å². The molecule has 3 nitrogen and oxygen atoms in total. The molecule has 0 heterocycles. The summed E-state index contributed by atoms with van der Waals surface area (Å²) in [6.45, 7) is 0. The van der Waals surface area contributed by atoms with Crippen molar-refractivity contribution in [1.82, 2.24) is 0 Å². The Balaban J connectivity index is 2.73. The Morgan fingerprint density at radius 2 is 2.50 bits per heavy atom. The van der Waals surface area contributed by atoms with Gasteiger partial charge in [0, 0.05) is 5.70 Å². The lowest BCUT2D eigenvalue weighted by molar-refractivity contribution is -0.140. The van der Waals surface area contributed by atoms with Gasteiger partial charge in [-0.05, 0) is 12.5 Å². The highest BCUT2D eigenvalue weighted by atomic mass is 16.4. The van der Waals surface area contributed by atoms with Crippen LogP contribution in [0.15, 0.2) is 23.9 Å². The Hall–Kier alpha value is -1.25. The van der Waals surface area contributed by atoms with Crippen molar-refractivity contribution < 1.29 is 9.90 Å². The van der Waals surface area contributed by atoms with Crippen LogP contribution in [0.2, 0.25) is 0 Å². The maximum Gasteiger partial charge on any atom is 0.312 e. The molecule has 0 saturated heterocycles. The minimum atomic E-state index is -0.849. The number of hydrogen-bond donors (Lipinski definition) is 2. The summed E-state index contributed by atoms with van der Waals surface area (Å²) in [6, 6.07) is 0. The molecule has 0 amide bonds. The van der Waals surface area contributed by atoms with E-state index in [0.717, 1.165) is 0 Å². The molecular weight excluding hydrogens is 130 g/mol. The van der Waals surface area contributed by atoms with Crippen LogP contribution in [0.4, 0.5) is 0 Å². The van der Waals surface area contributed by atoms with E-state index in [1.54, 1.807) is 18.2 Å². The molecule has 0 bridgehead atoms. The summed E-state index contributed by atoms with van der Waals surface area (Å²) in [6.07, 6.45) is 5.71. The number of carboxylic acids is 1. The molecule has 10 heavy (non-hydrogen) atoms. The van der Waals surface area contributed by atoms with E-state index in [4.69, 9.17) is 10.8 Å². The van der Waals surface area contributed by atoms with Crippen molar-refractivity contribution in [2.24, 2.45) is 11.7 Å². The van der Waals surface area contributed by atoms with Crippen LogP contribution in [0.5, 0.6) is 0 Å². The highest BCUT2D eigenvalue weighted by Crippen LogP contribution is 2.15. The van der Waals surface area contributed by atoms with Crippen molar-refractivity contribution >= 4 is 5.97 Å². The molecule has 0 fully saturated rings. The van der Waals surface area contributed by atoms with Gasteiger partial charge in [0.25, 0.3) is 0 Å². The molecule has 0 radical (unpaired) electrons. The van der Waals surface area contributed by atoms with Crippen LogP contribution < -0.4 is 5.73 Å². The second-order valence-corrected chi connectivity index (χ2v) is 2.22. The minimum Gasteiger partial charge on any atom is -0.481 e. The summed E-state index contributed by atoms with van der Waals surface area (Å²) in [5.74, 6) is -1.36. The van der Waals surface area contributed by atoms with Crippen molar-refractivity contribution in [1.29, 1.82) is 0 Å². The highest BCUT2D eigenvalue weighted by Gasteiger charge is 2.19. The zero-order valence-electron chi connectivity index (χ0n) is 5.45. The van der Waals surface area contributed by atoms with Crippen molar-refractivity contribution in [2.75, 3.05) is 0 Å². The van der Waals surface area contributed by atoms with E-state index in [9.17, 15) is 4.79 Å². The van der Waals surface area contributed by atoms with Gasteiger partial charge in [-0.25, -0.2) is 0 Å². The molecule has 0 aromatic rings. The molecule has 0 aliphatic heterocycles. The molecular formula is C7H9NO2. The van der Waals surface area contributed by atoms with Crippen LogP contribution in [0.1, 0.15) is 6.42 Å². The topological polar surface area (TPSA) is 63.3 Å². The predicted molar refractivity (Wildman–Crippen MR) is 37.2 cm³/mol. The zero-order valence-corrected chi connectivity index (χ0v) is 5.45. The molecule has 1 unspecified atom stereocenters. The second kappa shape index (κ2) is 2.56. The lowest BCUT2D eigenvalue weighted by atomic mass is 9.98. The van der Waals surface area contributed by atoms with Gasteiger partial charge in [-0.1, -0.05) is 12.2 Å². The third-order valence-corrected chi connectivity index (χ3v) is 1.50. The summed E-state index contributed by atoms with van der Waals surface area (Å²) in [5, 5.41) is 8.55. The first-order chi connectivity index (χ1) is 4.72. The molecule has 54 valence electrons. The van der Waals surface area contributed by atoms with E-state index in [-0.39, 0.29) is 0 Å². The van der Waals surface area contributed by atoms with Gasteiger partial charge in [-0.2, -0.15) is 0 Å². The number of carboxylic acid groups (broad SMARTS) is 1. The Labute approximate surface area is 58.8 Å². The summed E-state index contributed by atoms with van der Waals surface area (Å²) in [5.41, 5.74) is 5.85. The summed E-state index contributed by atoms with van der Waals surface area (Å²) < 4.78 is 0. The number of allylic oxidation sites excluding steroid dienone is 3. The van der Waals surface area contributed by atoms with Crippen LogP contribution in [-0.2, 0) is 4.79 Å². The van der Waals surface area contributed by atoms with Gasteiger partial charge in [0.2, 0.25) is 0 Å². The largest absolute Gasteiger partial charge is 0.481 e. The number of nitrogens with two attached hydrogens (primary N) is 1. The van der Waals surface area contributed by atoms with Gasteiger partial charge in [0.05, 0.1) is 5.92 Å². The number of carbonyl (C=O) groups is 1.